The van der Waals surface area contributed by atoms with Crippen molar-refractivity contribution in [1.82, 2.24) is 0 Å². The molecule has 2 aromatic heterocycles. The summed E-state index contributed by atoms with van der Waals surface area (Å²) in [4.78, 5) is 1.15. The molecule has 0 aromatic carbocycles. The maximum Gasteiger partial charge on any atom is 0.135 e. The summed E-state index contributed by atoms with van der Waals surface area (Å²) < 4.78 is 11.0. The second-order valence-electron chi connectivity index (χ2n) is 4.47. The van der Waals surface area contributed by atoms with Crippen LogP contribution in [-0.4, -0.2) is 18.8 Å². The van der Waals surface area contributed by atoms with Crippen LogP contribution in [0.5, 0.6) is 0 Å². The number of aryl methyl sites for hydroxylation is 1. The van der Waals surface area contributed by atoms with Crippen LogP contribution < -0.4 is 5.73 Å². The summed E-state index contributed by atoms with van der Waals surface area (Å²) in [5.74, 6) is 1.52. The maximum absolute atomic E-state index is 8.91. The Morgan fingerprint density at radius 2 is 2.26 bits per heavy atom. The topological polar surface area (TPSA) is 68.6 Å². The molecular weight excluding hydrogens is 262 g/mol. The molecule has 0 spiro atoms. The quantitative estimate of drug-likeness (QED) is 0.854. The number of hydrogen-bond acceptors (Lipinski definition) is 5. The van der Waals surface area contributed by atoms with E-state index in [1.165, 1.54) is 5.56 Å². The molecule has 1 unspecified atom stereocenters. The fourth-order valence-corrected chi connectivity index (χ4v) is 3.04. The molecule has 0 aliphatic rings. The van der Waals surface area contributed by atoms with E-state index in [1.54, 1.807) is 18.4 Å². The van der Waals surface area contributed by atoms with Gasteiger partial charge < -0.3 is 20.0 Å². The average Bonchev–Trinajstić information content (AvgIpc) is 2.97. The number of aliphatic hydroxyl groups is 1. The van der Waals surface area contributed by atoms with Crippen molar-refractivity contribution in [2.75, 3.05) is 13.7 Å². The first-order valence-corrected chi connectivity index (χ1v) is 7.07. The highest BCUT2D eigenvalue weighted by atomic mass is 32.1. The summed E-state index contributed by atoms with van der Waals surface area (Å²) >= 11 is 1.67. The van der Waals surface area contributed by atoms with Crippen molar-refractivity contribution >= 4 is 11.3 Å². The highest BCUT2D eigenvalue weighted by Gasteiger charge is 2.16. The minimum Gasteiger partial charge on any atom is -0.459 e. The van der Waals surface area contributed by atoms with Crippen LogP contribution >= 0.6 is 11.3 Å². The molecule has 0 saturated carbocycles. The summed E-state index contributed by atoms with van der Waals surface area (Å²) in [5.41, 5.74) is 8.20. The van der Waals surface area contributed by atoms with Gasteiger partial charge in [-0.3, -0.25) is 0 Å². The highest BCUT2D eigenvalue weighted by Crippen LogP contribution is 2.35. The van der Waals surface area contributed by atoms with Gasteiger partial charge in [-0.15, -0.1) is 11.3 Å². The van der Waals surface area contributed by atoms with Crippen LogP contribution in [0, 0.1) is 6.92 Å². The van der Waals surface area contributed by atoms with E-state index in [0.717, 1.165) is 16.2 Å². The van der Waals surface area contributed by atoms with Gasteiger partial charge in [0.15, 0.2) is 0 Å². The predicted molar refractivity (Wildman–Crippen MR) is 76.1 cm³/mol. The Hall–Kier alpha value is -1.14. The van der Waals surface area contributed by atoms with Crippen molar-refractivity contribution in [2.24, 2.45) is 5.73 Å². The lowest BCUT2D eigenvalue weighted by Crippen LogP contribution is -2.10. The lowest BCUT2D eigenvalue weighted by molar-refractivity contribution is 0.188. The number of ether oxygens (including phenoxy) is 1. The molecular formula is C14H19NO3S. The molecule has 0 aliphatic carbocycles. The van der Waals surface area contributed by atoms with Gasteiger partial charge in [0.05, 0.1) is 12.6 Å². The van der Waals surface area contributed by atoms with Crippen molar-refractivity contribution in [1.29, 1.82) is 0 Å². The van der Waals surface area contributed by atoms with E-state index in [2.05, 4.69) is 12.3 Å². The van der Waals surface area contributed by atoms with Crippen LogP contribution in [0.2, 0.25) is 0 Å². The SMILES string of the molecule is COCc1scc(C)c1-c1ccc(C(N)CCO)o1. The molecule has 5 heteroatoms. The monoisotopic (exact) mass is 281 g/mol. The second-order valence-corrected chi connectivity index (χ2v) is 5.43. The van der Waals surface area contributed by atoms with Crippen molar-refractivity contribution in [3.8, 4) is 11.3 Å². The van der Waals surface area contributed by atoms with Gasteiger partial charge in [0.25, 0.3) is 0 Å². The third-order valence-electron chi connectivity index (χ3n) is 3.01. The summed E-state index contributed by atoms with van der Waals surface area (Å²) in [7, 11) is 1.68. The van der Waals surface area contributed by atoms with E-state index in [-0.39, 0.29) is 12.6 Å². The van der Waals surface area contributed by atoms with Gasteiger partial charge in [-0.1, -0.05) is 0 Å². The zero-order valence-electron chi connectivity index (χ0n) is 11.2. The van der Waals surface area contributed by atoms with E-state index in [1.807, 2.05) is 12.1 Å². The largest absolute Gasteiger partial charge is 0.459 e. The molecule has 19 heavy (non-hydrogen) atoms. The van der Waals surface area contributed by atoms with Crippen LogP contribution in [0.3, 0.4) is 0 Å². The Morgan fingerprint density at radius 1 is 1.47 bits per heavy atom. The molecule has 0 amide bonds. The summed E-state index contributed by atoms with van der Waals surface area (Å²) in [5, 5.41) is 11.0. The Balaban J connectivity index is 2.29. The first kappa shape index (κ1) is 14.3. The number of thiophene rings is 1. The van der Waals surface area contributed by atoms with Gasteiger partial charge >= 0.3 is 0 Å². The molecule has 0 fully saturated rings. The number of furan rings is 1. The fourth-order valence-electron chi connectivity index (χ4n) is 2.03. The zero-order chi connectivity index (χ0) is 13.8. The lowest BCUT2D eigenvalue weighted by atomic mass is 10.1. The minimum absolute atomic E-state index is 0.0591. The van der Waals surface area contributed by atoms with Gasteiger partial charge in [-0.05, 0) is 36.4 Å². The molecule has 2 heterocycles. The molecule has 2 rings (SSSR count). The van der Waals surface area contributed by atoms with Crippen molar-refractivity contribution in [2.45, 2.75) is 26.0 Å². The van der Waals surface area contributed by atoms with Gasteiger partial charge in [-0.2, -0.15) is 0 Å². The van der Waals surface area contributed by atoms with Gasteiger partial charge in [0.2, 0.25) is 0 Å². The Kier molecular flexibility index (Phi) is 4.76. The highest BCUT2D eigenvalue weighted by molar-refractivity contribution is 7.10. The van der Waals surface area contributed by atoms with E-state index in [0.29, 0.717) is 18.8 Å². The van der Waals surface area contributed by atoms with Crippen LogP contribution in [0.15, 0.2) is 21.9 Å². The lowest BCUT2D eigenvalue weighted by Gasteiger charge is -2.06. The summed E-state index contributed by atoms with van der Waals surface area (Å²) in [6.45, 7) is 2.69. The third-order valence-corrected chi connectivity index (χ3v) is 4.08. The fraction of sp³-hybridized carbons (Fsp3) is 0.429. The van der Waals surface area contributed by atoms with Crippen LogP contribution in [0.4, 0.5) is 0 Å². The minimum atomic E-state index is -0.261. The molecule has 3 N–H and O–H groups in total. The number of hydrogen-bond donors (Lipinski definition) is 2. The maximum atomic E-state index is 8.91. The van der Waals surface area contributed by atoms with E-state index in [4.69, 9.17) is 20.0 Å². The zero-order valence-corrected chi connectivity index (χ0v) is 12.0. The van der Waals surface area contributed by atoms with Crippen molar-refractivity contribution in [3.63, 3.8) is 0 Å². The van der Waals surface area contributed by atoms with Crippen LogP contribution in [0.1, 0.15) is 28.7 Å². The molecule has 2 aromatic rings. The molecule has 0 aliphatic heterocycles. The van der Waals surface area contributed by atoms with E-state index >= 15 is 0 Å². The molecule has 0 bridgehead atoms. The molecule has 0 saturated heterocycles. The van der Waals surface area contributed by atoms with Crippen LogP contribution in [0.25, 0.3) is 11.3 Å². The number of nitrogens with two attached hydrogens (primary N) is 1. The second kappa shape index (κ2) is 6.34. The standard InChI is InChI=1S/C14H19NO3S/c1-9-8-19-13(7-17-2)14(9)12-4-3-11(18-12)10(15)5-6-16/h3-4,8,10,16H,5-7,15H2,1-2H3. The Morgan fingerprint density at radius 3 is 2.95 bits per heavy atom. The number of rotatable bonds is 6. The Labute approximate surface area is 116 Å². The number of aliphatic hydroxyl groups excluding tert-OH is 1. The summed E-state index contributed by atoms with van der Waals surface area (Å²) in [6.07, 6.45) is 0.500. The smallest absolute Gasteiger partial charge is 0.135 e. The van der Waals surface area contributed by atoms with Gasteiger partial charge in [0.1, 0.15) is 11.5 Å². The molecule has 104 valence electrons. The van der Waals surface area contributed by atoms with Crippen LogP contribution in [-0.2, 0) is 11.3 Å². The van der Waals surface area contributed by atoms with Crippen molar-refractivity contribution in [3.05, 3.63) is 33.7 Å². The molecule has 4 nitrogen and oxygen atoms in total. The first-order chi connectivity index (χ1) is 9.17. The van der Waals surface area contributed by atoms with Crippen molar-refractivity contribution < 1.29 is 14.3 Å². The third kappa shape index (κ3) is 3.06. The first-order valence-electron chi connectivity index (χ1n) is 6.19. The molecule has 0 radical (unpaired) electrons. The average molecular weight is 281 g/mol. The Bertz CT molecular complexity index is 533. The molecule has 1 atom stereocenters. The van der Waals surface area contributed by atoms with E-state index in [9.17, 15) is 0 Å². The summed E-state index contributed by atoms with van der Waals surface area (Å²) in [6, 6.07) is 3.55. The van der Waals surface area contributed by atoms with E-state index < -0.39 is 0 Å². The number of methoxy groups -OCH3 is 1. The predicted octanol–water partition coefficient (Wildman–Crippen LogP) is 2.85. The van der Waals surface area contributed by atoms with Gasteiger partial charge in [0, 0.05) is 24.2 Å². The van der Waals surface area contributed by atoms with Gasteiger partial charge in [-0.25, -0.2) is 0 Å². The normalized spacial score (nSPS) is 12.8.